The normalized spacial score (nSPS) is 15.9. The molecular formula is C22H25NO4S. The second-order valence-electron chi connectivity index (χ2n) is 6.48. The number of piperidine rings is 1. The van der Waals surface area contributed by atoms with Gasteiger partial charge >= 0.3 is 11.9 Å². The quantitative estimate of drug-likeness (QED) is 0.582. The zero-order valence-electron chi connectivity index (χ0n) is 15.9. The molecule has 1 fully saturated rings. The van der Waals surface area contributed by atoms with Crippen molar-refractivity contribution >= 4 is 23.7 Å². The fourth-order valence-corrected chi connectivity index (χ4v) is 3.90. The molecule has 1 aliphatic heterocycles. The van der Waals surface area contributed by atoms with Crippen LogP contribution in [-0.4, -0.2) is 40.1 Å². The van der Waals surface area contributed by atoms with E-state index in [1.54, 1.807) is 5.57 Å². The molecule has 2 N–H and O–H groups in total. The Morgan fingerprint density at radius 2 is 1.54 bits per heavy atom. The summed E-state index contributed by atoms with van der Waals surface area (Å²) in [6.07, 6.45) is 2.52. The van der Waals surface area contributed by atoms with Gasteiger partial charge in [0.1, 0.15) is 0 Å². The van der Waals surface area contributed by atoms with Gasteiger partial charge in [0.15, 0.2) is 0 Å². The van der Waals surface area contributed by atoms with Gasteiger partial charge in [0.05, 0.1) is 0 Å². The van der Waals surface area contributed by atoms with Crippen LogP contribution in [0.3, 0.4) is 0 Å². The van der Waals surface area contributed by atoms with Gasteiger partial charge in [0, 0.05) is 18.0 Å². The highest BCUT2D eigenvalue weighted by atomic mass is 32.2. The van der Waals surface area contributed by atoms with Gasteiger partial charge in [-0.15, -0.1) is 0 Å². The Kier molecular flexibility index (Phi) is 8.78. The SMILES string of the molecule is C/C(Sc1ccccc1)=C1/CCCN(Cc2ccccc2)C1.O=C(O)C(=O)O. The molecule has 28 heavy (non-hydrogen) atoms. The van der Waals surface area contributed by atoms with Gasteiger partial charge in [-0.05, 0) is 54.5 Å². The van der Waals surface area contributed by atoms with E-state index in [4.69, 9.17) is 19.8 Å². The van der Waals surface area contributed by atoms with Crippen molar-refractivity contribution in [2.24, 2.45) is 0 Å². The lowest BCUT2D eigenvalue weighted by atomic mass is 10.0. The first-order chi connectivity index (χ1) is 13.5. The molecule has 1 saturated heterocycles. The van der Waals surface area contributed by atoms with Gasteiger partial charge in [0.2, 0.25) is 0 Å². The second kappa shape index (κ2) is 11.3. The third-order valence-corrected chi connectivity index (χ3v) is 5.41. The number of likely N-dealkylation sites (tertiary alicyclic amines) is 1. The summed E-state index contributed by atoms with van der Waals surface area (Å²) in [6, 6.07) is 21.5. The second-order valence-corrected chi connectivity index (χ2v) is 7.77. The highest BCUT2D eigenvalue weighted by Crippen LogP contribution is 2.32. The molecule has 5 nitrogen and oxygen atoms in total. The first-order valence-corrected chi connectivity index (χ1v) is 9.91. The first kappa shape index (κ1) is 21.7. The van der Waals surface area contributed by atoms with Crippen molar-refractivity contribution in [3.05, 3.63) is 76.7 Å². The van der Waals surface area contributed by atoms with Gasteiger partial charge in [-0.3, -0.25) is 4.90 Å². The minimum absolute atomic E-state index is 1.06. The number of benzene rings is 2. The van der Waals surface area contributed by atoms with Gasteiger partial charge in [0.25, 0.3) is 0 Å². The first-order valence-electron chi connectivity index (χ1n) is 9.09. The van der Waals surface area contributed by atoms with Crippen molar-refractivity contribution in [2.45, 2.75) is 31.2 Å². The van der Waals surface area contributed by atoms with E-state index in [1.165, 1.54) is 34.8 Å². The monoisotopic (exact) mass is 399 g/mol. The lowest BCUT2D eigenvalue weighted by Crippen LogP contribution is -2.31. The molecule has 0 atom stereocenters. The fourth-order valence-electron chi connectivity index (χ4n) is 2.95. The van der Waals surface area contributed by atoms with Gasteiger partial charge in [-0.2, -0.15) is 0 Å². The number of carboxylic acid groups (broad SMARTS) is 2. The van der Waals surface area contributed by atoms with E-state index in [1.807, 2.05) is 11.8 Å². The van der Waals surface area contributed by atoms with Crippen LogP contribution in [0.25, 0.3) is 0 Å². The predicted molar refractivity (Wildman–Crippen MR) is 111 cm³/mol. The van der Waals surface area contributed by atoms with Crippen molar-refractivity contribution in [3.8, 4) is 0 Å². The maximum absolute atomic E-state index is 9.10. The number of hydrogen-bond acceptors (Lipinski definition) is 4. The molecule has 1 heterocycles. The third-order valence-electron chi connectivity index (χ3n) is 4.31. The molecule has 0 bridgehead atoms. The fraction of sp³-hybridized carbons (Fsp3) is 0.273. The van der Waals surface area contributed by atoms with Crippen LogP contribution in [0.1, 0.15) is 25.3 Å². The molecule has 0 saturated carbocycles. The average molecular weight is 400 g/mol. The zero-order valence-corrected chi connectivity index (χ0v) is 16.7. The molecule has 2 aromatic carbocycles. The summed E-state index contributed by atoms with van der Waals surface area (Å²) in [5.41, 5.74) is 3.02. The Labute approximate surface area is 169 Å². The van der Waals surface area contributed by atoms with E-state index in [2.05, 4.69) is 72.5 Å². The van der Waals surface area contributed by atoms with Gasteiger partial charge < -0.3 is 10.2 Å². The minimum atomic E-state index is -1.82. The Bertz CT molecular complexity index is 794. The number of nitrogens with zero attached hydrogens (tertiary/aromatic N) is 1. The van der Waals surface area contributed by atoms with E-state index in [0.717, 1.165) is 13.1 Å². The van der Waals surface area contributed by atoms with Crippen LogP contribution in [0.4, 0.5) is 0 Å². The number of aliphatic carboxylic acids is 2. The van der Waals surface area contributed by atoms with E-state index in [9.17, 15) is 0 Å². The lowest BCUT2D eigenvalue weighted by molar-refractivity contribution is -0.159. The number of thioether (sulfide) groups is 1. The van der Waals surface area contributed by atoms with Crippen LogP contribution in [-0.2, 0) is 16.1 Å². The maximum atomic E-state index is 9.10. The predicted octanol–water partition coefficient (Wildman–Crippen LogP) is 4.50. The molecule has 0 aliphatic carbocycles. The molecule has 0 spiro atoms. The third kappa shape index (κ3) is 7.58. The Morgan fingerprint density at radius 3 is 2.11 bits per heavy atom. The summed E-state index contributed by atoms with van der Waals surface area (Å²) < 4.78 is 0. The molecule has 1 aliphatic rings. The summed E-state index contributed by atoms with van der Waals surface area (Å²) in [6.45, 7) is 5.66. The number of hydrogen-bond donors (Lipinski definition) is 2. The molecular weight excluding hydrogens is 374 g/mol. The Hall–Kier alpha value is -2.57. The number of allylic oxidation sites excluding steroid dienone is 1. The van der Waals surface area contributed by atoms with Crippen molar-refractivity contribution in [3.63, 3.8) is 0 Å². The van der Waals surface area contributed by atoms with Crippen LogP contribution < -0.4 is 0 Å². The summed E-state index contributed by atoms with van der Waals surface area (Å²) in [5, 5.41) is 14.8. The average Bonchev–Trinajstić information content (AvgIpc) is 2.70. The van der Waals surface area contributed by atoms with Crippen molar-refractivity contribution in [1.29, 1.82) is 0 Å². The Morgan fingerprint density at radius 1 is 0.964 bits per heavy atom. The van der Waals surface area contributed by atoms with Gasteiger partial charge in [-0.1, -0.05) is 60.3 Å². The molecule has 0 unspecified atom stereocenters. The molecule has 0 radical (unpaired) electrons. The van der Waals surface area contributed by atoms with Crippen LogP contribution in [0.15, 0.2) is 76.0 Å². The number of carboxylic acids is 2. The van der Waals surface area contributed by atoms with Crippen molar-refractivity contribution in [1.82, 2.24) is 4.90 Å². The maximum Gasteiger partial charge on any atom is 0.414 e. The highest BCUT2D eigenvalue weighted by molar-refractivity contribution is 8.03. The van der Waals surface area contributed by atoms with Gasteiger partial charge in [-0.25, -0.2) is 9.59 Å². The van der Waals surface area contributed by atoms with Crippen LogP contribution in [0, 0.1) is 0 Å². The molecule has 2 aromatic rings. The van der Waals surface area contributed by atoms with E-state index in [-0.39, 0.29) is 0 Å². The topological polar surface area (TPSA) is 77.8 Å². The number of rotatable bonds is 4. The summed E-state index contributed by atoms with van der Waals surface area (Å²) in [7, 11) is 0. The number of carbonyl (C=O) groups is 2. The largest absolute Gasteiger partial charge is 0.473 e. The molecule has 0 aromatic heterocycles. The molecule has 3 rings (SSSR count). The smallest absolute Gasteiger partial charge is 0.414 e. The molecule has 6 heteroatoms. The summed E-state index contributed by atoms with van der Waals surface area (Å²) in [4.78, 5) is 23.6. The van der Waals surface area contributed by atoms with Crippen LogP contribution in [0.5, 0.6) is 0 Å². The minimum Gasteiger partial charge on any atom is -0.473 e. The Balaban J connectivity index is 0.000000409. The summed E-state index contributed by atoms with van der Waals surface area (Å²) >= 11 is 1.91. The van der Waals surface area contributed by atoms with Crippen molar-refractivity contribution in [2.75, 3.05) is 13.1 Å². The molecule has 148 valence electrons. The van der Waals surface area contributed by atoms with Crippen LogP contribution in [0.2, 0.25) is 0 Å². The lowest BCUT2D eigenvalue weighted by Gasteiger charge is -2.29. The highest BCUT2D eigenvalue weighted by Gasteiger charge is 2.16. The van der Waals surface area contributed by atoms with E-state index < -0.39 is 11.9 Å². The van der Waals surface area contributed by atoms with Crippen LogP contribution >= 0.6 is 11.8 Å². The van der Waals surface area contributed by atoms with E-state index in [0.29, 0.717) is 0 Å². The zero-order chi connectivity index (χ0) is 20.4. The van der Waals surface area contributed by atoms with E-state index >= 15 is 0 Å². The molecule has 0 amide bonds. The van der Waals surface area contributed by atoms with Crippen molar-refractivity contribution < 1.29 is 19.8 Å². The standard InChI is InChI=1S/C20H23NS.C2H2O4/c1-17(22-20-12-6-3-7-13-20)19-11-8-14-21(16-19)15-18-9-4-2-5-10-18;3-1(4)2(5)6/h2-7,9-10,12-13H,8,11,14-16H2,1H3;(H,3,4)(H,5,6)/b19-17+;. The summed E-state index contributed by atoms with van der Waals surface area (Å²) in [5.74, 6) is -3.65.